The summed E-state index contributed by atoms with van der Waals surface area (Å²) in [6.45, 7) is 4.87. The van der Waals surface area contributed by atoms with Crippen molar-refractivity contribution >= 4 is 28.3 Å². The van der Waals surface area contributed by atoms with Gasteiger partial charge in [0.2, 0.25) is 0 Å². The van der Waals surface area contributed by atoms with E-state index in [9.17, 15) is 0 Å². The van der Waals surface area contributed by atoms with E-state index in [0.29, 0.717) is 6.54 Å². The molecule has 0 atom stereocenters. The fourth-order valence-corrected chi connectivity index (χ4v) is 1.36. The Morgan fingerprint density at radius 2 is 2.13 bits per heavy atom. The van der Waals surface area contributed by atoms with Crippen LogP contribution >= 0.6 is 15.9 Å². The molecule has 0 aromatic heterocycles. The Bertz CT molecular complexity index is 343. The zero-order chi connectivity index (χ0) is 11.1. The van der Waals surface area contributed by atoms with Crippen LogP contribution in [0.3, 0.4) is 0 Å². The molecular weight excluding hydrogens is 254 g/mol. The summed E-state index contributed by atoms with van der Waals surface area (Å²) in [5.41, 5.74) is 7.21. The molecule has 0 radical (unpaired) electrons. The molecule has 0 aliphatic carbocycles. The van der Waals surface area contributed by atoms with Gasteiger partial charge in [0.15, 0.2) is 0 Å². The van der Waals surface area contributed by atoms with Gasteiger partial charge < -0.3 is 11.1 Å². The van der Waals surface area contributed by atoms with Crippen molar-refractivity contribution < 1.29 is 0 Å². The molecule has 1 aromatic rings. The lowest BCUT2D eigenvalue weighted by molar-refractivity contribution is 0.843. The van der Waals surface area contributed by atoms with Gasteiger partial charge in [0.1, 0.15) is 0 Å². The van der Waals surface area contributed by atoms with Crippen LogP contribution in [0.2, 0.25) is 0 Å². The highest BCUT2D eigenvalue weighted by Crippen LogP contribution is 2.17. The minimum Gasteiger partial charge on any atom is -0.388 e. The number of halogens is 1. The average Bonchev–Trinajstić information content (AvgIpc) is 2.26. The number of nitrogens with two attached hydrogens (primary N) is 1. The standard InChI is InChI=1S/C11H14BrN3/c1-14-11(8-15-7-6-13)9-2-4-10(12)5-3-9/h2-5,8,15H,1,6-7,13H2/b11-8-. The first-order valence-electron chi connectivity index (χ1n) is 4.64. The third-order valence-corrected chi connectivity index (χ3v) is 2.37. The molecule has 80 valence electrons. The summed E-state index contributed by atoms with van der Waals surface area (Å²) in [5.74, 6) is 0. The van der Waals surface area contributed by atoms with E-state index in [1.165, 1.54) is 0 Å². The smallest absolute Gasteiger partial charge is 0.0851 e. The van der Waals surface area contributed by atoms with Crippen molar-refractivity contribution in [1.29, 1.82) is 0 Å². The summed E-state index contributed by atoms with van der Waals surface area (Å²) in [6.07, 6.45) is 1.82. The minimum absolute atomic E-state index is 0.598. The molecule has 0 unspecified atom stereocenters. The van der Waals surface area contributed by atoms with Crippen molar-refractivity contribution in [3.63, 3.8) is 0 Å². The van der Waals surface area contributed by atoms with Gasteiger partial charge in [-0.2, -0.15) is 0 Å². The molecule has 0 amide bonds. The fraction of sp³-hybridized carbons (Fsp3) is 0.182. The van der Waals surface area contributed by atoms with Gasteiger partial charge in [-0.15, -0.1) is 0 Å². The molecule has 1 rings (SSSR count). The van der Waals surface area contributed by atoms with Gasteiger partial charge in [-0.3, -0.25) is 4.99 Å². The maximum Gasteiger partial charge on any atom is 0.0851 e. The quantitative estimate of drug-likeness (QED) is 0.634. The van der Waals surface area contributed by atoms with Gasteiger partial charge >= 0.3 is 0 Å². The maximum absolute atomic E-state index is 5.37. The minimum atomic E-state index is 0.598. The van der Waals surface area contributed by atoms with E-state index in [4.69, 9.17) is 5.73 Å². The van der Waals surface area contributed by atoms with Crippen LogP contribution in [0.5, 0.6) is 0 Å². The Kier molecular flexibility index (Phi) is 5.07. The summed E-state index contributed by atoms with van der Waals surface area (Å²) in [5, 5.41) is 3.07. The van der Waals surface area contributed by atoms with Gasteiger partial charge in [-0.1, -0.05) is 28.1 Å². The molecule has 1 aromatic carbocycles. The average molecular weight is 268 g/mol. The molecule has 0 aliphatic heterocycles. The third-order valence-electron chi connectivity index (χ3n) is 1.84. The van der Waals surface area contributed by atoms with Crippen LogP contribution in [0, 0.1) is 0 Å². The predicted molar refractivity (Wildman–Crippen MR) is 68.7 cm³/mol. The molecule has 0 fully saturated rings. The zero-order valence-electron chi connectivity index (χ0n) is 8.41. The first-order valence-corrected chi connectivity index (χ1v) is 5.43. The van der Waals surface area contributed by atoms with E-state index < -0.39 is 0 Å². The summed E-state index contributed by atoms with van der Waals surface area (Å²) in [7, 11) is 0. The molecule has 0 heterocycles. The summed E-state index contributed by atoms with van der Waals surface area (Å²) >= 11 is 3.38. The van der Waals surface area contributed by atoms with Crippen molar-refractivity contribution in [3.05, 3.63) is 40.5 Å². The molecule has 0 aliphatic rings. The lowest BCUT2D eigenvalue weighted by Crippen LogP contribution is -2.17. The first kappa shape index (κ1) is 11.9. The number of hydrogen-bond donors (Lipinski definition) is 2. The largest absolute Gasteiger partial charge is 0.388 e. The van der Waals surface area contributed by atoms with Crippen LogP contribution < -0.4 is 11.1 Å². The Balaban J connectivity index is 2.78. The lowest BCUT2D eigenvalue weighted by atomic mass is 10.2. The number of benzene rings is 1. The van der Waals surface area contributed by atoms with Crippen molar-refractivity contribution in [2.75, 3.05) is 13.1 Å². The second-order valence-corrected chi connectivity index (χ2v) is 3.85. The van der Waals surface area contributed by atoms with Crippen LogP contribution in [0.25, 0.3) is 5.70 Å². The first-order chi connectivity index (χ1) is 7.27. The van der Waals surface area contributed by atoms with Gasteiger partial charge in [-0.25, -0.2) is 0 Å². The summed E-state index contributed by atoms with van der Waals surface area (Å²) < 4.78 is 1.05. The number of nitrogens with one attached hydrogen (secondary N) is 1. The molecule has 0 saturated carbocycles. The van der Waals surface area contributed by atoms with Crippen LogP contribution in [-0.2, 0) is 0 Å². The number of nitrogens with zero attached hydrogens (tertiary/aromatic N) is 1. The van der Waals surface area contributed by atoms with Crippen molar-refractivity contribution in [1.82, 2.24) is 5.32 Å². The molecular formula is C11H14BrN3. The monoisotopic (exact) mass is 267 g/mol. The Labute approximate surface area is 98.2 Å². The Morgan fingerprint density at radius 3 is 2.67 bits per heavy atom. The molecule has 15 heavy (non-hydrogen) atoms. The van der Waals surface area contributed by atoms with E-state index in [-0.39, 0.29) is 0 Å². The van der Waals surface area contributed by atoms with Gasteiger partial charge in [0.25, 0.3) is 0 Å². The lowest BCUT2D eigenvalue weighted by Gasteiger charge is -2.03. The van der Waals surface area contributed by atoms with E-state index in [1.807, 2.05) is 30.5 Å². The zero-order valence-corrected chi connectivity index (χ0v) is 10.00. The molecule has 3 nitrogen and oxygen atoms in total. The maximum atomic E-state index is 5.37. The number of hydrogen-bond acceptors (Lipinski definition) is 3. The molecule has 0 bridgehead atoms. The molecule has 4 heteroatoms. The molecule has 0 saturated heterocycles. The van der Waals surface area contributed by atoms with Gasteiger partial charge in [0, 0.05) is 29.3 Å². The third kappa shape index (κ3) is 3.85. The second kappa shape index (κ2) is 6.37. The highest BCUT2D eigenvalue weighted by Gasteiger charge is 1.97. The number of aliphatic imine (C=N–C) groups is 1. The predicted octanol–water partition coefficient (Wildman–Crippen LogP) is 2.00. The van der Waals surface area contributed by atoms with E-state index in [0.717, 1.165) is 22.3 Å². The van der Waals surface area contributed by atoms with Crippen molar-refractivity contribution in [3.8, 4) is 0 Å². The van der Waals surface area contributed by atoms with E-state index >= 15 is 0 Å². The Morgan fingerprint density at radius 1 is 1.47 bits per heavy atom. The Hall–Kier alpha value is -1.13. The fourth-order valence-electron chi connectivity index (χ4n) is 1.09. The van der Waals surface area contributed by atoms with Crippen LogP contribution in [0.4, 0.5) is 0 Å². The van der Waals surface area contributed by atoms with E-state index in [2.05, 4.69) is 33.0 Å². The van der Waals surface area contributed by atoms with Crippen molar-refractivity contribution in [2.45, 2.75) is 0 Å². The van der Waals surface area contributed by atoms with Gasteiger partial charge in [0.05, 0.1) is 5.70 Å². The SMILES string of the molecule is C=N/C(=C\NCCN)c1ccc(Br)cc1. The highest BCUT2D eigenvalue weighted by atomic mass is 79.9. The van der Waals surface area contributed by atoms with Crippen LogP contribution in [0.15, 0.2) is 39.9 Å². The topological polar surface area (TPSA) is 50.4 Å². The van der Waals surface area contributed by atoms with Crippen molar-refractivity contribution in [2.24, 2.45) is 10.7 Å². The number of rotatable bonds is 5. The summed E-state index contributed by atoms with van der Waals surface area (Å²) in [6, 6.07) is 7.90. The molecule has 3 N–H and O–H groups in total. The van der Waals surface area contributed by atoms with Crippen LogP contribution in [0.1, 0.15) is 5.56 Å². The normalized spacial score (nSPS) is 11.2. The highest BCUT2D eigenvalue weighted by molar-refractivity contribution is 9.10. The summed E-state index contributed by atoms with van der Waals surface area (Å²) in [4.78, 5) is 3.95. The molecule has 0 spiro atoms. The van der Waals surface area contributed by atoms with Gasteiger partial charge in [-0.05, 0) is 18.9 Å². The van der Waals surface area contributed by atoms with Crippen LogP contribution in [-0.4, -0.2) is 19.8 Å². The van der Waals surface area contributed by atoms with E-state index in [1.54, 1.807) is 0 Å². The second-order valence-electron chi connectivity index (χ2n) is 2.94.